The van der Waals surface area contributed by atoms with Crippen molar-refractivity contribution >= 4 is 27.3 Å². The van der Waals surface area contributed by atoms with Crippen molar-refractivity contribution in [3.05, 3.63) is 30.0 Å². The van der Waals surface area contributed by atoms with Gasteiger partial charge in [-0.3, -0.25) is 9.30 Å². The van der Waals surface area contributed by atoms with Crippen LogP contribution in [0.25, 0.3) is 16.9 Å². The third-order valence-electron chi connectivity index (χ3n) is 5.87. The van der Waals surface area contributed by atoms with E-state index >= 15 is 0 Å². The molecule has 3 aromatic heterocycles. The fourth-order valence-electron chi connectivity index (χ4n) is 4.15. The molecule has 170 valence electrons. The Labute approximate surface area is 186 Å². The second-order valence-electron chi connectivity index (χ2n) is 8.23. The highest BCUT2D eigenvalue weighted by Gasteiger charge is 2.26. The molecule has 2 N–H and O–H groups in total. The van der Waals surface area contributed by atoms with Gasteiger partial charge >= 0.3 is 0 Å². The Bertz CT molecular complexity index is 1240. The highest BCUT2D eigenvalue weighted by Crippen LogP contribution is 2.29. The average Bonchev–Trinajstić information content (AvgIpc) is 3.15. The molecule has 0 unspecified atom stereocenters. The molecule has 0 radical (unpaired) electrons. The zero-order valence-corrected chi connectivity index (χ0v) is 18.8. The Kier molecular flexibility index (Phi) is 5.43. The van der Waals surface area contributed by atoms with Crippen LogP contribution in [0, 0.1) is 0 Å². The summed E-state index contributed by atoms with van der Waals surface area (Å²) in [6, 6.07) is 0. The lowest BCUT2D eigenvalue weighted by molar-refractivity contribution is 0.122. The number of fused-ring (bicyclic) bond motifs is 3. The number of hydrogen-bond donors (Lipinski definition) is 1. The van der Waals surface area contributed by atoms with Gasteiger partial charge in [0.25, 0.3) is 0 Å². The van der Waals surface area contributed by atoms with E-state index in [9.17, 15) is 8.42 Å². The van der Waals surface area contributed by atoms with E-state index < -0.39 is 9.84 Å². The van der Waals surface area contributed by atoms with Crippen LogP contribution in [0.3, 0.4) is 0 Å². The number of hydrogen-bond acceptors (Lipinski definition) is 10. The predicted octanol–water partition coefficient (Wildman–Crippen LogP) is 0.00780. The van der Waals surface area contributed by atoms with Crippen LogP contribution in [0.15, 0.2) is 18.6 Å². The summed E-state index contributed by atoms with van der Waals surface area (Å²) in [5.74, 6) is 1.18. The number of morpholine rings is 1. The second-order valence-corrected chi connectivity index (χ2v) is 10.5. The molecule has 5 rings (SSSR count). The fraction of sp³-hybridized carbons (Fsp3) is 0.500. The minimum Gasteiger partial charge on any atom is -0.378 e. The molecule has 1 fully saturated rings. The number of sulfone groups is 1. The van der Waals surface area contributed by atoms with E-state index in [2.05, 4.69) is 24.2 Å². The maximum absolute atomic E-state index is 11.6. The Hall–Kier alpha value is -2.83. The summed E-state index contributed by atoms with van der Waals surface area (Å²) in [7, 11) is -3.00. The van der Waals surface area contributed by atoms with Crippen molar-refractivity contribution in [1.29, 1.82) is 0 Å². The molecule has 1 saturated heterocycles. The Morgan fingerprint density at radius 2 is 1.88 bits per heavy atom. The number of aromatic nitrogens is 5. The van der Waals surface area contributed by atoms with Crippen LogP contribution in [0.2, 0.25) is 0 Å². The van der Waals surface area contributed by atoms with E-state index in [1.165, 1.54) is 6.26 Å². The summed E-state index contributed by atoms with van der Waals surface area (Å²) in [4.78, 5) is 22.4. The molecule has 0 aliphatic carbocycles. The quantitative estimate of drug-likeness (QED) is 0.557. The van der Waals surface area contributed by atoms with Gasteiger partial charge in [-0.05, 0) is 0 Å². The van der Waals surface area contributed by atoms with Crippen LogP contribution in [0.5, 0.6) is 0 Å². The predicted molar refractivity (Wildman–Crippen MR) is 120 cm³/mol. The average molecular weight is 459 g/mol. The van der Waals surface area contributed by atoms with Crippen molar-refractivity contribution < 1.29 is 13.2 Å². The van der Waals surface area contributed by atoms with Crippen LogP contribution in [-0.4, -0.2) is 89.1 Å². The van der Waals surface area contributed by atoms with Gasteiger partial charge in [-0.1, -0.05) is 0 Å². The SMILES string of the molecule is CS(=O)(=O)CCN1CCc2c(nc3c(N4CCOCC4)nc(-c4cnc(N)nc4)cn23)C1. The minimum absolute atomic E-state index is 0.150. The zero-order valence-electron chi connectivity index (χ0n) is 17.9. The topological polar surface area (TPSA) is 132 Å². The van der Waals surface area contributed by atoms with Gasteiger partial charge in [0.2, 0.25) is 5.95 Å². The van der Waals surface area contributed by atoms with Gasteiger partial charge in [-0.2, -0.15) is 0 Å². The summed E-state index contributed by atoms with van der Waals surface area (Å²) in [6.07, 6.45) is 7.39. The molecule has 0 aromatic carbocycles. The summed E-state index contributed by atoms with van der Waals surface area (Å²) >= 11 is 0. The third-order valence-corrected chi connectivity index (χ3v) is 6.79. The van der Waals surface area contributed by atoms with E-state index in [4.69, 9.17) is 20.4 Å². The Morgan fingerprint density at radius 1 is 1.12 bits per heavy atom. The number of nitrogen functional groups attached to an aromatic ring is 1. The standard InChI is InChI=1S/C20H26N8O3S/c1-32(29,30)9-6-26-3-2-17-16(12-26)25-19-18(27-4-7-31-8-5-27)24-15(13-28(17)19)14-10-22-20(21)23-11-14/h10-11,13H,2-9,12H2,1H3,(H2,21,22,23). The van der Waals surface area contributed by atoms with Gasteiger partial charge in [0, 0.05) is 75.2 Å². The largest absolute Gasteiger partial charge is 0.378 e. The smallest absolute Gasteiger partial charge is 0.219 e. The van der Waals surface area contributed by atoms with Gasteiger partial charge in [0.05, 0.1) is 30.4 Å². The lowest BCUT2D eigenvalue weighted by atomic mass is 10.1. The highest BCUT2D eigenvalue weighted by molar-refractivity contribution is 7.90. The maximum Gasteiger partial charge on any atom is 0.219 e. The first-order chi connectivity index (χ1) is 15.4. The molecule has 5 heterocycles. The fourth-order valence-corrected chi connectivity index (χ4v) is 4.74. The number of anilines is 2. The molecular formula is C20H26N8O3S. The third kappa shape index (κ3) is 4.25. The van der Waals surface area contributed by atoms with E-state index in [1.54, 1.807) is 12.4 Å². The first kappa shape index (κ1) is 21.0. The maximum atomic E-state index is 11.6. The van der Waals surface area contributed by atoms with Crippen molar-refractivity contribution in [1.82, 2.24) is 29.2 Å². The van der Waals surface area contributed by atoms with Crippen molar-refractivity contribution in [2.75, 3.05) is 62.0 Å². The number of imidazole rings is 1. The lowest BCUT2D eigenvalue weighted by Gasteiger charge is -2.28. The monoisotopic (exact) mass is 458 g/mol. The number of rotatable bonds is 5. The van der Waals surface area contributed by atoms with Crippen LogP contribution < -0.4 is 10.6 Å². The Balaban J connectivity index is 1.56. The molecule has 11 nitrogen and oxygen atoms in total. The van der Waals surface area contributed by atoms with Crippen LogP contribution in [0.4, 0.5) is 11.8 Å². The highest BCUT2D eigenvalue weighted by atomic mass is 32.2. The number of nitrogens with two attached hydrogens (primary N) is 1. The minimum atomic E-state index is -3.00. The molecule has 2 aliphatic heterocycles. The van der Waals surface area contributed by atoms with Gasteiger partial charge < -0.3 is 15.4 Å². The molecule has 0 bridgehead atoms. The first-order valence-corrected chi connectivity index (χ1v) is 12.6. The molecule has 3 aromatic rings. The molecule has 12 heteroatoms. The molecule has 0 saturated carbocycles. The van der Waals surface area contributed by atoms with Crippen molar-refractivity contribution in [2.24, 2.45) is 0 Å². The molecular weight excluding hydrogens is 432 g/mol. The first-order valence-electron chi connectivity index (χ1n) is 10.6. The normalized spacial score (nSPS) is 17.6. The summed E-state index contributed by atoms with van der Waals surface area (Å²) in [6.45, 7) is 4.67. The van der Waals surface area contributed by atoms with E-state index in [0.717, 1.165) is 60.2 Å². The van der Waals surface area contributed by atoms with Crippen molar-refractivity contribution in [3.63, 3.8) is 0 Å². The van der Waals surface area contributed by atoms with Crippen molar-refractivity contribution in [2.45, 2.75) is 13.0 Å². The lowest BCUT2D eigenvalue weighted by Crippen LogP contribution is -2.37. The van der Waals surface area contributed by atoms with Crippen molar-refractivity contribution in [3.8, 4) is 11.3 Å². The van der Waals surface area contributed by atoms with E-state index in [1.807, 2.05) is 6.20 Å². The van der Waals surface area contributed by atoms with Crippen LogP contribution in [-0.2, 0) is 27.5 Å². The van der Waals surface area contributed by atoms with Gasteiger partial charge in [0.1, 0.15) is 9.84 Å². The molecule has 0 amide bonds. The summed E-state index contributed by atoms with van der Waals surface area (Å²) in [5.41, 5.74) is 10.1. The van der Waals surface area contributed by atoms with Crippen LogP contribution in [0.1, 0.15) is 11.4 Å². The second kappa shape index (κ2) is 8.26. The number of ether oxygens (including phenoxy) is 1. The summed E-state index contributed by atoms with van der Waals surface area (Å²) < 4.78 is 30.8. The molecule has 32 heavy (non-hydrogen) atoms. The molecule has 0 spiro atoms. The van der Waals surface area contributed by atoms with E-state index in [-0.39, 0.29) is 11.7 Å². The van der Waals surface area contributed by atoms with E-state index in [0.29, 0.717) is 26.3 Å². The van der Waals surface area contributed by atoms with Gasteiger partial charge in [-0.15, -0.1) is 0 Å². The Morgan fingerprint density at radius 3 is 2.59 bits per heavy atom. The van der Waals surface area contributed by atoms with Gasteiger partial charge in [-0.25, -0.2) is 28.4 Å². The molecule has 2 aliphatic rings. The molecule has 0 atom stereocenters. The zero-order chi connectivity index (χ0) is 22.3. The number of nitrogens with zero attached hydrogens (tertiary/aromatic N) is 7. The summed E-state index contributed by atoms with van der Waals surface area (Å²) in [5, 5.41) is 0. The van der Waals surface area contributed by atoms with Crippen LogP contribution >= 0.6 is 0 Å². The van der Waals surface area contributed by atoms with Gasteiger partial charge in [0.15, 0.2) is 11.5 Å².